The van der Waals surface area contributed by atoms with Gasteiger partial charge in [0.15, 0.2) is 0 Å². The number of methoxy groups -OCH3 is 1. The van der Waals surface area contributed by atoms with E-state index in [9.17, 15) is 9.18 Å². The van der Waals surface area contributed by atoms with Crippen LogP contribution in [0.2, 0.25) is 10.0 Å². The van der Waals surface area contributed by atoms with Gasteiger partial charge in [-0.2, -0.15) is 0 Å². The second-order valence-electron chi connectivity index (χ2n) is 10.2. The Hall–Kier alpha value is -1.51. The van der Waals surface area contributed by atoms with E-state index in [1.807, 2.05) is 46.8 Å². The number of carbonyl (C=O) groups is 1. The van der Waals surface area contributed by atoms with E-state index < -0.39 is 11.7 Å². The second kappa shape index (κ2) is 22.1. The van der Waals surface area contributed by atoms with E-state index in [0.717, 1.165) is 55.7 Å². The molecule has 2 aromatic carbocycles. The summed E-state index contributed by atoms with van der Waals surface area (Å²) in [5.74, 6) is 1.07. The summed E-state index contributed by atoms with van der Waals surface area (Å²) in [7, 11) is 1.70. The van der Waals surface area contributed by atoms with Crippen molar-refractivity contribution in [1.82, 2.24) is 9.62 Å². The Morgan fingerprint density at radius 3 is 2.09 bits per heavy atom. The number of nitrogens with zero attached hydrogens (tertiary/aromatic N) is 1. The van der Waals surface area contributed by atoms with Gasteiger partial charge in [0.1, 0.15) is 11.6 Å². The Bertz CT molecular complexity index is 1060. The lowest BCUT2D eigenvalue weighted by atomic mass is 9.95. The van der Waals surface area contributed by atoms with Gasteiger partial charge in [-0.15, -0.1) is 0 Å². The smallest absolute Gasteiger partial charge is 0.264 e. The van der Waals surface area contributed by atoms with Crippen LogP contribution in [-0.2, 0) is 4.74 Å². The first-order valence-electron chi connectivity index (χ1n) is 15.9. The van der Waals surface area contributed by atoms with E-state index in [-0.39, 0.29) is 11.6 Å². The molecule has 43 heavy (non-hydrogen) atoms. The predicted octanol–water partition coefficient (Wildman–Crippen LogP) is 10.4. The summed E-state index contributed by atoms with van der Waals surface area (Å²) in [5, 5.41) is 1.24. The van der Waals surface area contributed by atoms with Crippen molar-refractivity contribution in [3.8, 4) is 5.75 Å². The van der Waals surface area contributed by atoms with Gasteiger partial charge in [0.05, 0.1) is 24.8 Å². The molecule has 0 bridgehead atoms. The molecular weight excluding hydrogens is 606 g/mol. The lowest BCUT2D eigenvalue weighted by Gasteiger charge is -2.37. The van der Waals surface area contributed by atoms with Crippen molar-refractivity contribution in [1.29, 1.82) is 0 Å². The van der Waals surface area contributed by atoms with E-state index in [1.165, 1.54) is 24.4 Å². The number of nitrogens with one attached hydrogen (secondary N) is 1. The van der Waals surface area contributed by atoms with E-state index in [0.29, 0.717) is 40.8 Å². The minimum absolute atomic E-state index is 0.0770. The summed E-state index contributed by atoms with van der Waals surface area (Å²) in [6, 6.07) is 8.79. The van der Waals surface area contributed by atoms with Crippen molar-refractivity contribution in [3.05, 3.63) is 62.9 Å². The third-order valence-electron chi connectivity index (χ3n) is 6.83. The Morgan fingerprint density at radius 1 is 1.00 bits per heavy atom. The summed E-state index contributed by atoms with van der Waals surface area (Å²) < 4.78 is 29.2. The highest BCUT2D eigenvalue weighted by atomic mass is 35.5. The van der Waals surface area contributed by atoms with Crippen LogP contribution in [0.4, 0.5) is 4.39 Å². The molecule has 1 N–H and O–H groups in total. The molecule has 1 amide bonds. The molecule has 2 fully saturated rings. The van der Waals surface area contributed by atoms with Gasteiger partial charge >= 0.3 is 0 Å². The molecular formula is C34H53Cl2FN2O3S. The number of hydrogen-bond donors (Lipinski definition) is 1. The van der Waals surface area contributed by atoms with Crippen LogP contribution in [0, 0.1) is 11.7 Å². The topological polar surface area (TPSA) is 50.8 Å². The zero-order valence-electron chi connectivity index (χ0n) is 27.4. The van der Waals surface area contributed by atoms with E-state index in [1.54, 1.807) is 19.2 Å². The molecule has 4 rings (SSSR count). The van der Waals surface area contributed by atoms with E-state index in [2.05, 4.69) is 23.5 Å². The molecule has 1 atom stereocenters. The van der Waals surface area contributed by atoms with Crippen LogP contribution in [0.1, 0.15) is 114 Å². The molecule has 1 unspecified atom stereocenters. The van der Waals surface area contributed by atoms with Crippen molar-refractivity contribution in [2.24, 2.45) is 5.92 Å². The Morgan fingerprint density at radius 2 is 1.58 bits per heavy atom. The van der Waals surface area contributed by atoms with Crippen molar-refractivity contribution in [2.75, 3.05) is 39.2 Å². The van der Waals surface area contributed by atoms with Crippen LogP contribution in [0.3, 0.4) is 0 Å². The van der Waals surface area contributed by atoms with Crippen molar-refractivity contribution in [2.45, 2.75) is 92.5 Å². The summed E-state index contributed by atoms with van der Waals surface area (Å²) >= 11 is 13.8. The van der Waals surface area contributed by atoms with Gasteiger partial charge in [-0.25, -0.2) is 4.39 Å². The Balaban J connectivity index is 0.00000122. The molecule has 5 nitrogen and oxygen atoms in total. The van der Waals surface area contributed by atoms with Crippen LogP contribution in [-0.4, -0.2) is 50.0 Å². The van der Waals surface area contributed by atoms with Gasteiger partial charge in [0.2, 0.25) is 0 Å². The predicted molar refractivity (Wildman–Crippen MR) is 184 cm³/mol. The molecule has 1 aliphatic heterocycles. The molecule has 244 valence electrons. The molecule has 2 aromatic rings. The summed E-state index contributed by atoms with van der Waals surface area (Å²) in [6.07, 6.45) is 5.26. The van der Waals surface area contributed by atoms with Gasteiger partial charge in [0.25, 0.3) is 5.91 Å². The van der Waals surface area contributed by atoms with Crippen molar-refractivity contribution >= 4 is 41.1 Å². The van der Waals surface area contributed by atoms with Gasteiger partial charge in [-0.3, -0.25) is 14.4 Å². The molecule has 9 heteroatoms. The third kappa shape index (κ3) is 13.2. The molecule has 0 aromatic heterocycles. The van der Waals surface area contributed by atoms with Crippen LogP contribution in [0.5, 0.6) is 5.75 Å². The quantitative estimate of drug-likeness (QED) is 0.243. The van der Waals surface area contributed by atoms with Crippen molar-refractivity contribution < 1.29 is 18.7 Å². The summed E-state index contributed by atoms with van der Waals surface area (Å²) in [6.45, 7) is 17.1. The largest absolute Gasteiger partial charge is 0.493 e. The zero-order chi connectivity index (χ0) is 32.4. The van der Waals surface area contributed by atoms with Crippen LogP contribution >= 0.6 is 35.1 Å². The molecule has 1 saturated carbocycles. The zero-order valence-corrected chi connectivity index (χ0v) is 29.7. The number of benzene rings is 2. The first kappa shape index (κ1) is 39.5. The number of amides is 1. The fourth-order valence-electron chi connectivity index (χ4n) is 4.75. The monoisotopic (exact) mass is 658 g/mol. The van der Waals surface area contributed by atoms with Gasteiger partial charge in [-0.05, 0) is 86.0 Å². The number of hydrogen-bond acceptors (Lipinski definition) is 5. The average molecular weight is 660 g/mol. The van der Waals surface area contributed by atoms with Crippen molar-refractivity contribution in [3.63, 3.8) is 0 Å². The molecule has 2 aliphatic rings. The maximum Gasteiger partial charge on any atom is 0.264 e. The Labute approximate surface area is 274 Å². The first-order chi connectivity index (χ1) is 20.8. The molecule has 1 saturated heterocycles. The van der Waals surface area contributed by atoms with Gasteiger partial charge in [0, 0.05) is 29.0 Å². The second-order valence-corrected chi connectivity index (χ2v) is 12.1. The lowest BCUT2D eigenvalue weighted by molar-refractivity contribution is 0.0556. The SMILES string of the molecule is CC.CC.CCC.CCSNC(=O)c1cc(C2CC2)c(OCC2CCN(C(COC)c3cc(Cl)cc(Cl)c3)CC2)cc1F. The maximum absolute atomic E-state index is 14.8. The molecule has 1 heterocycles. The highest BCUT2D eigenvalue weighted by molar-refractivity contribution is 7.97. The number of piperidine rings is 1. The molecule has 1 aliphatic carbocycles. The fourth-order valence-corrected chi connectivity index (χ4v) is 5.68. The highest BCUT2D eigenvalue weighted by Crippen LogP contribution is 2.45. The normalized spacial score (nSPS) is 15.5. The summed E-state index contributed by atoms with van der Waals surface area (Å²) in [4.78, 5) is 14.8. The Kier molecular flexibility index (Phi) is 20.3. The van der Waals surface area contributed by atoms with Crippen LogP contribution in [0.25, 0.3) is 0 Å². The van der Waals surface area contributed by atoms with E-state index >= 15 is 0 Å². The van der Waals surface area contributed by atoms with Crippen LogP contribution < -0.4 is 9.46 Å². The first-order valence-corrected chi connectivity index (χ1v) is 17.6. The average Bonchev–Trinajstić information content (AvgIpc) is 3.85. The van der Waals surface area contributed by atoms with Gasteiger partial charge < -0.3 is 9.47 Å². The highest BCUT2D eigenvalue weighted by Gasteiger charge is 2.31. The minimum Gasteiger partial charge on any atom is -0.493 e. The standard InChI is InChI=1S/C27H33Cl2FN2O3S.C3H8.2C2H6/c1-3-36-31-27(33)23-13-22(18-4-5-18)26(14-24(23)30)35-15-17-6-8-32(9-7-17)25(16-34-2)19-10-20(28)12-21(29)11-19;1-3-2;2*1-2/h10-14,17-18,25H,3-9,15-16H2,1-2H3,(H,31,33);3H2,1-2H3;2*1-2H3. The third-order valence-corrected chi connectivity index (χ3v) is 7.88. The summed E-state index contributed by atoms with van der Waals surface area (Å²) in [5.41, 5.74) is 2.08. The fraction of sp³-hybridized carbons (Fsp3) is 0.618. The van der Waals surface area contributed by atoms with Gasteiger partial charge in [-0.1, -0.05) is 90.0 Å². The molecule has 0 spiro atoms. The number of carbonyl (C=O) groups excluding carboxylic acids is 1. The number of ether oxygens (including phenoxy) is 2. The molecule has 0 radical (unpaired) electrons. The van der Waals surface area contributed by atoms with E-state index in [4.69, 9.17) is 32.7 Å². The maximum atomic E-state index is 14.8. The van der Waals surface area contributed by atoms with Crippen LogP contribution in [0.15, 0.2) is 30.3 Å². The lowest BCUT2D eigenvalue weighted by Crippen LogP contribution is -2.39. The number of likely N-dealkylation sites (tertiary alicyclic amines) is 1. The number of halogens is 3. The number of rotatable bonds is 11. The minimum atomic E-state index is -0.541.